The Balaban J connectivity index is 1.73. The minimum Gasteiger partial charge on any atom is -0.481 e. The van der Waals surface area contributed by atoms with E-state index in [1.807, 2.05) is 6.07 Å². The van der Waals surface area contributed by atoms with E-state index in [9.17, 15) is 14.9 Å². The Morgan fingerprint density at radius 1 is 1.18 bits per heavy atom. The number of carbonyl (C=O) groups is 2. The number of benzene rings is 1. The van der Waals surface area contributed by atoms with Crippen molar-refractivity contribution >= 4 is 35.1 Å². The monoisotopic (exact) mass is 464 g/mol. The van der Waals surface area contributed by atoms with Gasteiger partial charge in [0.25, 0.3) is 0 Å². The maximum Gasteiger partial charge on any atom is 0.303 e. The summed E-state index contributed by atoms with van der Waals surface area (Å²) in [5.74, 6) is -0.561. The number of carbonyl (C=O) groups excluding carboxylic acids is 1. The van der Waals surface area contributed by atoms with Gasteiger partial charge in [0.2, 0.25) is 11.8 Å². The molecule has 1 aromatic carbocycles. The van der Waals surface area contributed by atoms with Crippen molar-refractivity contribution in [1.82, 2.24) is 15.0 Å². The molecule has 11 heteroatoms. The molecule has 3 aromatic rings. The first-order valence-electron chi connectivity index (χ1n) is 9.74. The second kappa shape index (κ2) is 10.9. The van der Waals surface area contributed by atoms with E-state index in [0.29, 0.717) is 40.1 Å². The molecule has 10 nitrogen and oxygen atoms in total. The first-order valence-corrected chi connectivity index (χ1v) is 10.7. The number of aliphatic carboxylic acids is 1. The van der Waals surface area contributed by atoms with Gasteiger partial charge in [-0.05, 0) is 30.0 Å². The maximum atomic E-state index is 11.2. The molecule has 168 valence electrons. The number of nitriles is 1. The summed E-state index contributed by atoms with van der Waals surface area (Å²) >= 11 is 1.17. The number of aryl methyl sites for hydroxylation is 1. The smallest absolute Gasteiger partial charge is 0.303 e. The van der Waals surface area contributed by atoms with Gasteiger partial charge in [0.15, 0.2) is 5.16 Å². The highest BCUT2D eigenvalue weighted by atomic mass is 32.2. The number of thioether (sulfide) groups is 1. The molecular weight excluding hydrogens is 444 g/mol. The summed E-state index contributed by atoms with van der Waals surface area (Å²) in [7, 11) is 0. The molecule has 0 unspecified atom stereocenters. The molecule has 4 N–H and O–H groups in total. The highest BCUT2D eigenvalue weighted by molar-refractivity contribution is 7.99. The normalized spacial score (nSPS) is 10.3. The van der Waals surface area contributed by atoms with Crippen molar-refractivity contribution in [3.05, 3.63) is 53.7 Å². The molecule has 3 rings (SSSR count). The van der Waals surface area contributed by atoms with Crippen LogP contribution in [0.2, 0.25) is 0 Å². The number of nitrogens with two attached hydrogens (primary N) is 1. The summed E-state index contributed by atoms with van der Waals surface area (Å²) in [6, 6.07) is 14.0. The van der Waals surface area contributed by atoms with Gasteiger partial charge in [-0.25, -0.2) is 15.0 Å². The average Bonchev–Trinajstić information content (AvgIpc) is 2.78. The van der Waals surface area contributed by atoms with Gasteiger partial charge in [-0.2, -0.15) is 5.26 Å². The summed E-state index contributed by atoms with van der Waals surface area (Å²) in [4.78, 5) is 34.8. The summed E-state index contributed by atoms with van der Waals surface area (Å²) in [5, 5.41) is 21.3. The van der Waals surface area contributed by atoms with Crippen LogP contribution in [0.1, 0.15) is 24.6 Å². The van der Waals surface area contributed by atoms with E-state index in [-0.39, 0.29) is 29.6 Å². The Morgan fingerprint density at radius 2 is 1.94 bits per heavy atom. The van der Waals surface area contributed by atoms with Crippen molar-refractivity contribution < 1.29 is 19.4 Å². The molecule has 0 spiro atoms. The van der Waals surface area contributed by atoms with Crippen molar-refractivity contribution in [1.29, 1.82) is 5.26 Å². The van der Waals surface area contributed by atoms with Gasteiger partial charge in [0, 0.05) is 36.4 Å². The zero-order chi connectivity index (χ0) is 23.8. The number of pyridine rings is 1. The second-order valence-electron chi connectivity index (χ2n) is 6.75. The minimum atomic E-state index is -0.894. The van der Waals surface area contributed by atoms with Crippen LogP contribution in [-0.2, 0) is 16.0 Å². The fourth-order valence-electron chi connectivity index (χ4n) is 2.81. The van der Waals surface area contributed by atoms with Gasteiger partial charge in [-0.3, -0.25) is 9.59 Å². The quantitative estimate of drug-likeness (QED) is 0.243. The lowest BCUT2D eigenvalue weighted by atomic mass is 10.1. The fourth-order valence-corrected chi connectivity index (χ4v) is 3.41. The molecule has 0 saturated heterocycles. The van der Waals surface area contributed by atoms with Crippen molar-refractivity contribution in [3.8, 4) is 23.2 Å². The van der Waals surface area contributed by atoms with Crippen LogP contribution in [0.3, 0.4) is 0 Å². The Kier molecular flexibility index (Phi) is 7.77. The molecule has 0 radical (unpaired) electrons. The molecule has 2 aromatic heterocycles. The number of nitrogen functional groups attached to an aromatic ring is 1. The Bertz CT molecular complexity index is 1210. The lowest BCUT2D eigenvalue weighted by Crippen LogP contribution is -2.06. The third kappa shape index (κ3) is 6.65. The number of rotatable bonds is 9. The molecule has 0 fully saturated rings. The fraction of sp³-hybridized carbons (Fsp3) is 0.182. The van der Waals surface area contributed by atoms with E-state index < -0.39 is 5.97 Å². The summed E-state index contributed by atoms with van der Waals surface area (Å²) in [6.07, 6.45) is 0.289. The number of anilines is 2. The van der Waals surface area contributed by atoms with Crippen molar-refractivity contribution in [2.75, 3.05) is 17.0 Å². The number of hydrogen-bond acceptors (Lipinski definition) is 9. The average molecular weight is 465 g/mol. The number of hydrogen-bond donors (Lipinski definition) is 3. The predicted molar refractivity (Wildman–Crippen MR) is 122 cm³/mol. The molecule has 1 amide bonds. The van der Waals surface area contributed by atoms with Crippen LogP contribution < -0.4 is 15.8 Å². The first kappa shape index (κ1) is 23.5. The number of nitrogens with one attached hydrogen (secondary N) is 1. The maximum absolute atomic E-state index is 11.2. The van der Waals surface area contributed by atoms with E-state index >= 15 is 0 Å². The molecule has 0 atom stereocenters. The molecule has 0 aliphatic rings. The van der Waals surface area contributed by atoms with E-state index in [0.717, 1.165) is 0 Å². The summed E-state index contributed by atoms with van der Waals surface area (Å²) in [5.41, 5.74) is 8.38. The topological polar surface area (TPSA) is 164 Å². The number of carboxylic acid groups (broad SMARTS) is 1. The SMILES string of the molecule is CC(=O)Nc1ccc(-c2nc(SCOc3cccc(CCC(=O)O)n3)nc(N)c2C#N)cc1. The lowest BCUT2D eigenvalue weighted by molar-refractivity contribution is -0.137. The molecule has 2 heterocycles. The first-order chi connectivity index (χ1) is 15.9. The number of carboxylic acids is 1. The number of aromatic nitrogens is 3. The highest BCUT2D eigenvalue weighted by Gasteiger charge is 2.15. The standard InChI is InChI=1S/C22H20N6O4S/c1-13(29)25-16-7-5-14(6-8-16)20-17(11-23)21(24)28-22(27-20)33-12-32-18-4-2-3-15(26-18)9-10-19(30)31/h2-8H,9-10,12H2,1H3,(H,25,29)(H,30,31)(H2,24,27,28). The number of ether oxygens (including phenoxy) is 1. The van der Waals surface area contributed by atoms with Gasteiger partial charge >= 0.3 is 5.97 Å². The minimum absolute atomic E-state index is 0.0157. The van der Waals surface area contributed by atoms with E-state index in [1.54, 1.807) is 42.5 Å². The van der Waals surface area contributed by atoms with Crippen molar-refractivity contribution in [3.63, 3.8) is 0 Å². The predicted octanol–water partition coefficient (Wildman–Crippen LogP) is 3.10. The van der Waals surface area contributed by atoms with Gasteiger partial charge < -0.3 is 20.9 Å². The zero-order valence-electron chi connectivity index (χ0n) is 17.6. The number of nitrogens with zero attached hydrogens (tertiary/aromatic N) is 4. The lowest BCUT2D eigenvalue weighted by Gasteiger charge is -2.10. The van der Waals surface area contributed by atoms with Gasteiger partial charge in [0.05, 0.1) is 12.1 Å². The Labute approximate surface area is 193 Å². The van der Waals surface area contributed by atoms with Crippen LogP contribution in [-0.4, -0.2) is 37.9 Å². The largest absolute Gasteiger partial charge is 0.481 e. The Morgan fingerprint density at radius 3 is 2.61 bits per heavy atom. The van der Waals surface area contributed by atoms with Crippen LogP contribution in [0.15, 0.2) is 47.6 Å². The number of amides is 1. The van der Waals surface area contributed by atoms with Crippen molar-refractivity contribution in [2.45, 2.75) is 24.9 Å². The van der Waals surface area contributed by atoms with Crippen LogP contribution in [0.5, 0.6) is 5.88 Å². The third-order valence-electron chi connectivity index (χ3n) is 4.28. The molecule has 0 bridgehead atoms. The van der Waals surface area contributed by atoms with E-state index in [2.05, 4.69) is 20.3 Å². The van der Waals surface area contributed by atoms with Crippen LogP contribution in [0.4, 0.5) is 11.5 Å². The Hall–Kier alpha value is -4.17. The van der Waals surface area contributed by atoms with E-state index in [1.165, 1.54) is 18.7 Å². The molecular formula is C22H20N6O4S. The zero-order valence-corrected chi connectivity index (χ0v) is 18.4. The summed E-state index contributed by atoms with van der Waals surface area (Å²) < 4.78 is 5.63. The highest BCUT2D eigenvalue weighted by Crippen LogP contribution is 2.28. The molecule has 0 aliphatic carbocycles. The van der Waals surface area contributed by atoms with Crippen molar-refractivity contribution in [2.24, 2.45) is 0 Å². The molecule has 0 aliphatic heterocycles. The van der Waals surface area contributed by atoms with Gasteiger partial charge in [-0.15, -0.1) is 0 Å². The van der Waals surface area contributed by atoms with Crippen LogP contribution in [0.25, 0.3) is 11.3 Å². The van der Waals surface area contributed by atoms with E-state index in [4.69, 9.17) is 15.6 Å². The summed E-state index contributed by atoms with van der Waals surface area (Å²) in [6.45, 7) is 1.42. The second-order valence-corrected chi connectivity index (χ2v) is 7.64. The van der Waals surface area contributed by atoms with Gasteiger partial charge in [0.1, 0.15) is 23.4 Å². The molecule has 0 saturated carbocycles. The molecule has 33 heavy (non-hydrogen) atoms. The van der Waals surface area contributed by atoms with Crippen LogP contribution in [0, 0.1) is 11.3 Å². The van der Waals surface area contributed by atoms with Gasteiger partial charge in [-0.1, -0.05) is 18.2 Å². The third-order valence-corrected chi connectivity index (χ3v) is 4.95. The van der Waals surface area contributed by atoms with Crippen LogP contribution >= 0.6 is 11.8 Å².